The topological polar surface area (TPSA) is 53.8 Å². The van der Waals surface area contributed by atoms with Gasteiger partial charge in [0.05, 0.1) is 16.5 Å². The van der Waals surface area contributed by atoms with Crippen LogP contribution in [0.1, 0.15) is 31.2 Å². The second-order valence-electron chi connectivity index (χ2n) is 6.90. The first-order valence-corrected chi connectivity index (χ1v) is 10.4. The fourth-order valence-electron chi connectivity index (χ4n) is 3.53. The molecule has 1 heterocycles. The summed E-state index contributed by atoms with van der Waals surface area (Å²) >= 11 is 1.46. The molecule has 0 aliphatic heterocycles. The molecular formula is C24H20N2OS. The van der Waals surface area contributed by atoms with Crippen LogP contribution in [0.25, 0.3) is 22.4 Å². The van der Waals surface area contributed by atoms with E-state index in [1.165, 1.54) is 11.8 Å². The molecule has 3 aromatic rings. The summed E-state index contributed by atoms with van der Waals surface area (Å²) in [4.78, 5) is 17.2. The predicted molar refractivity (Wildman–Crippen MR) is 113 cm³/mol. The third-order valence-electron chi connectivity index (χ3n) is 5.00. The number of nitrogens with zero attached hydrogens (tertiary/aromatic N) is 2. The number of carbonyl (C=O) groups is 1. The molecule has 28 heavy (non-hydrogen) atoms. The third kappa shape index (κ3) is 3.85. The molecule has 2 aromatic carbocycles. The Morgan fingerprint density at radius 3 is 2.29 bits per heavy atom. The maximum absolute atomic E-state index is 12.4. The van der Waals surface area contributed by atoms with Crippen LogP contribution in [0.15, 0.2) is 71.8 Å². The first-order valence-electron chi connectivity index (χ1n) is 9.51. The molecule has 0 bridgehead atoms. The summed E-state index contributed by atoms with van der Waals surface area (Å²) in [5.74, 6) is 0.272. The summed E-state index contributed by atoms with van der Waals surface area (Å²) in [5, 5.41) is 10.5. The van der Waals surface area contributed by atoms with Crippen molar-refractivity contribution in [1.82, 2.24) is 4.98 Å². The van der Waals surface area contributed by atoms with Gasteiger partial charge in [-0.15, -0.1) is 0 Å². The summed E-state index contributed by atoms with van der Waals surface area (Å²) in [6.45, 7) is 0. The molecule has 1 atom stereocenters. The van der Waals surface area contributed by atoms with Gasteiger partial charge in [-0.05, 0) is 24.5 Å². The molecule has 1 fully saturated rings. The third-order valence-corrected chi connectivity index (χ3v) is 6.31. The number of nitriles is 1. The van der Waals surface area contributed by atoms with Crippen LogP contribution in [0.2, 0.25) is 0 Å². The zero-order valence-corrected chi connectivity index (χ0v) is 16.3. The highest BCUT2D eigenvalue weighted by Crippen LogP contribution is 2.38. The number of rotatable bonds is 4. The number of aromatic nitrogens is 1. The Morgan fingerprint density at radius 1 is 0.964 bits per heavy atom. The van der Waals surface area contributed by atoms with Gasteiger partial charge in [0.15, 0.2) is 0 Å². The predicted octanol–water partition coefficient (Wildman–Crippen LogP) is 5.89. The van der Waals surface area contributed by atoms with E-state index in [-0.39, 0.29) is 11.0 Å². The van der Waals surface area contributed by atoms with E-state index in [2.05, 4.69) is 6.07 Å². The minimum absolute atomic E-state index is 0.108. The van der Waals surface area contributed by atoms with Gasteiger partial charge in [-0.2, -0.15) is 5.26 Å². The second kappa shape index (κ2) is 8.41. The van der Waals surface area contributed by atoms with Gasteiger partial charge in [0.1, 0.15) is 16.9 Å². The quantitative estimate of drug-likeness (QED) is 0.563. The van der Waals surface area contributed by atoms with Crippen molar-refractivity contribution in [3.8, 4) is 28.5 Å². The molecule has 4 rings (SSSR count). The minimum atomic E-state index is -0.108. The highest BCUT2D eigenvalue weighted by atomic mass is 32.2. The number of hydrogen-bond donors (Lipinski definition) is 0. The van der Waals surface area contributed by atoms with Gasteiger partial charge >= 0.3 is 0 Å². The summed E-state index contributed by atoms with van der Waals surface area (Å²) in [6.07, 6.45) is 3.50. The smallest absolute Gasteiger partial charge is 0.146 e. The average molecular weight is 385 g/mol. The van der Waals surface area contributed by atoms with Crippen molar-refractivity contribution in [3.63, 3.8) is 0 Å². The molecule has 0 spiro atoms. The maximum Gasteiger partial charge on any atom is 0.146 e. The molecule has 0 saturated heterocycles. The van der Waals surface area contributed by atoms with Gasteiger partial charge in [0, 0.05) is 17.5 Å². The number of Topliss-reactive ketones (excluding diaryl/α,β-unsaturated/α-hetero) is 1. The molecule has 1 aliphatic carbocycles. The van der Waals surface area contributed by atoms with Crippen molar-refractivity contribution in [2.75, 3.05) is 0 Å². The monoisotopic (exact) mass is 384 g/mol. The van der Waals surface area contributed by atoms with E-state index in [0.29, 0.717) is 17.0 Å². The van der Waals surface area contributed by atoms with Gasteiger partial charge < -0.3 is 0 Å². The Kier molecular flexibility index (Phi) is 5.55. The van der Waals surface area contributed by atoms with E-state index in [9.17, 15) is 10.1 Å². The van der Waals surface area contributed by atoms with Crippen LogP contribution in [-0.4, -0.2) is 16.0 Å². The summed E-state index contributed by atoms with van der Waals surface area (Å²) in [5.41, 5.74) is 4.22. The summed E-state index contributed by atoms with van der Waals surface area (Å²) < 4.78 is 0. The van der Waals surface area contributed by atoms with Crippen molar-refractivity contribution < 1.29 is 4.79 Å². The Balaban J connectivity index is 1.86. The molecular weight excluding hydrogens is 364 g/mol. The largest absolute Gasteiger partial charge is 0.298 e. The van der Waals surface area contributed by atoms with Crippen molar-refractivity contribution >= 4 is 17.5 Å². The normalized spacial score (nSPS) is 16.5. The standard InChI is InChI=1S/C24H20N2OS/c25-16-20-19(17-9-3-1-4-10-17)15-21(18-11-5-2-6-12-18)26-24(20)28-23-14-8-7-13-22(23)27/h1-6,9-12,15,23H,7-8,13-14H2/t23-/m0/s1. The molecule has 0 N–H and O–H groups in total. The van der Waals surface area contributed by atoms with Crippen molar-refractivity contribution in [2.24, 2.45) is 0 Å². The number of pyridine rings is 1. The van der Waals surface area contributed by atoms with Gasteiger partial charge in [-0.25, -0.2) is 4.98 Å². The average Bonchev–Trinajstić information content (AvgIpc) is 2.76. The Hall–Kier alpha value is -2.90. The fraction of sp³-hybridized carbons (Fsp3) is 0.208. The van der Waals surface area contributed by atoms with Crippen LogP contribution in [0.3, 0.4) is 0 Å². The number of thioether (sulfide) groups is 1. The van der Waals surface area contributed by atoms with Crippen molar-refractivity contribution in [2.45, 2.75) is 36.0 Å². The highest BCUT2D eigenvalue weighted by Gasteiger charge is 2.26. The lowest BCUT2D eigenvalue weighted by molar-refractivity contribution is -0.119. The summed E-state index contributed by atoms with van der Waals surface area (Å²) in [7, 11) is 0. The molecule has 1 aliphatic rings. The Bertz CT molecular complexity index is 1030. The van der Waals surface area contributed by atoms with Gasteiger partial charge in [0.2, 0.25) is 0 Å². The van der Waals surface area contributed by atoms with E-state index in [4.69, 9.17) is 4.98 Å². The van der Waals surface area contributed by atoms with Crippen LogP contribution in [0, 0.1) is 11.3 Å². The number of benzene rings is 2. The molecule has 3 nitrogen and oxygen atoms in total. The zero-order valence-electron chi connectivity index (χ0n) is 15.5. The van der Waals surface area contributed by atoms with E-state index < -0.39 is 0 Å². The lowest BCUT2D eigenvalue weighted by Crippen LogP contribution is -2.21. The number of ketones is 1. The van der Waals surface area contributed by atoms with Gasteiger partial charge in [-0.3, -0.25) is 4.79 Å². The van der Waals surface area contributed by atoms with Crippen molar-refractivity contribution in [3.05, 3.63) is 72.3 Å². The molecule has 0 amide bonds. The van der Waals surface area contributed by atoms with Gasteiger partial charge in [-0.1, -0.05) is 78.8 Å². The molecule has 1 aromatic heterocycles. The molecule has 0 radical (unpaired) electrons. The Morgan fingerprint density at radius 2 is 1.64 bits per heavy atom. The SMILES string of the molecule is N#Cc1c(-c2ccccc2)cc(-c2ccccc2)nc1S[C@H]1CCCCC1=O. The molecule has 0 unspecified atom stereocenters. The fourth-order valence-corrected chi connectivity index (χ4v) is 4.76. The molecule has 1 saturated carbocycles. The maximum atomic E-state index is 12.4. The van der Waals surface area contributed by atoms with E-state index in [0.717, 1.165) is 41.6 Å². The first kappa shape index (κ1) is 18.5. The van der Waals surface area contributed by atoms with E-state index in [1.54, 1.807) is 0 Å². The van der Waals surface area contributed by atoms with E-state index in [1.807, 2.05) is 66.7 Å². The first-order chi connectivity index (χ1) is 13.8. The second-order valence-corrected chi connectivity index (χ2v) is 8.09. The Labute approximate surface area is 169 Å². The van der Waals surface area contributed by atoms with Crippen LogP contribution >= 0.6 is 11.8 Å². The molecule has 4 heteroatoms. The van der Waals surface area contributed by atoms with Crippen LogP contribution in [0.5, 0.6) is 0 Å². The lowest BCUT2D eigenvalue weighted by Gasteiger charge is -2.21. The van der Waals surface area contributed by atoms with Crippen LogP contribution in [-0.2, 0) is 4.79 Å². The number of carbonyl (C=O) groups excluding carboxylic acids is 1. The van der Waals surface area contributed by atoms with E-state index >= 15 is 0 Å². The lowest BCUT2D eigenvalue weighted by atomic mass is 9.99. The minimum Gasteiger partial charge on any atom is -0.298 e. The van der Waals surface area contributed by atoms with Gasteiger partial charge in [0.25, 0.3) is 0 Å². The highest BCUT2D eigenvalue weighted by molar-refractivity contribution is 8.00. The summed E-state index contributed by atoms with van der Waals surface area (Å²) in [6, 6.07) is 24.2. The van der Waals surface area contributed by atoms with Crippen molar-refractivity contribution in [1.29, 1.82) is 5.26 Å². The molecule has 138 valence electrons. The van der Waals surface area contributed by atoms with Crippen LogP contribution < -0.4 is 0 Å². The number of hydrogen-bond acceptors (Lipinski definition) is 4. The zero-order chi connectivity index (χ0) is 19.3. The van der Waals surface area contributed by atoms with Crippen LogP contribution in [0.4, 0.5) is 0 Å².